The molecular weight excluding hydrogens is 340 g/mol. The number of aromatic nitrogens is 2. The molecule has 2 aromatic heterocycles. The number of nitrogens with one attached hydrogen (secondary N) is 1. The molecule has 140 valence electrons. The van der Waals surface area contributed by atoms with Crippen LogP contribution >= 0.6 is 0 Å². The van der Waals surface area contributed by atoms with Crippen LogP contribution in [0.3, 0.4) is 0 Å². The monoisotopic (exact) mass is 364 g/mol. The van der Waals surface area contributed by atoms with Gasteiger partial charge in [-0.25, -0.2) is 0 Å². The lowest BCUT2D eigenvalue weighted by molar-refractivity contribution is 0.0919. The van der Waals surface area contributed by atoms with E-state index >= 15 is 0 Å². The number of nitrogens with zero attached hydrogens (tertiary/aromatic N) is 3. The van der Waals surface area contributed by atoms with Crippen LogP contribution in [0.15, 0.2) is 59.3 Å². The van der Waals surface area contributed by atoms with Crippen molar-refractivity contribution in [2.24, 2.45) is 0 Å². The molecule has 1 aliphatic rings. The zero-order chi connectivity index (χ0) is 18.6. The lowest BCUT2D eigenvalue weighted by Crippen LogP contribution is -2.39. The van der Waals surface area contributed by atoms with E-state index in [1.165, 1.54) is 23.1 Å². The summed E-state index contributed by atoms with van der Waals surface area (Å²) in [6, 6.07) is 14.2. The number of carbonyl (C=O) groups is 1. The maximum Gasteiger partial charge on any atom is 0.286 e. The number of furan rings is 1. The van der Waals surface area contributed by atoms with E-state index in [1.807, 2.05) is 6.20 Å². The Morgan fingerprint density at radius 2 is 2.15 bits per heavy atom. The minimum absolute atomic E-state index is 0.173. The fourth-order valence-corrected chi connectivity index (χ4v) is 3.67. The first-order chi connectivity index (χ1) is 13.2. The largest absolute Gasteiger partial charge is 0.459 e. The highest BCUT2D eigenvalue weighted by Crippen LogP contribution is 2.24. The molecule has 0 aliphatic carbocycles. The molecule has 0 saturated carbocycles. The van der Waals surface area contributed by atoms with E-state index in [4.69, 9.17) is 4.42 Å². The van der Waals surface area contributed by atoms with Gasteiger partial charge in [0.15, 0.2) is 5.76 Å². The smallest absolute Gasteiger partial charge is 0.286 e. The third kappa shape index (κ3) is 3.95. The van der Waals surface area contributed by atoms with Crippen molar-refractivity contribution in [3.8, 4) is 0 Å². The molecule has 1 aromatic carbocycles. The Morgan fingerprint density at radius 1 is 1.26 bits per heavy atom. The molecule has 0 bridgehead atoms. The van der Waals surface area contributed by atoms with Crippen LogP contribution in [0.4, 0.5) is 0 Å². The summed E-state index contributed by atoms with van der Waals surface area (Å²) in [7, 11) is 0. The Labute approximate surface area is 158 Å². The molecule has 27 heavy (non-hydrogen) atoms. The summed E-state index contributed by atoms with van der Waals surface area (Å²) in [5, 5.41) is 7.44. The summed E-state index contributed by atoms with van der Waals surface area (Å²) in [5.74, 6) is 0.174. The molecule has 1 N–H and O–H groups in total. The van der Waals surface area contributed by atoms with Gasteiger partial charge in [-0.1, -0.05) is 24.3 Å². The summed E-state index contributed by atoms with van der Waals surface area (Å²) in [5.41, 5.74) is 3.89. The molecule has 6 nitrogen and oxygen atoms in total. The highest BCUT2D eigenvalue weighted by Gasteiger charge is 2.25. The highest BCUT2D eigenvalue weighted by molar-refractivity contribution is 5.91. The van der Waals surface area contributed by atoms with Crippen molar-refractivity contribution in [1.82, 2.24) is 20.0 Å². The number of amides is 1. The van der Waals surface area contributed by atoms with Crippen molar-refractivity contribution in [2.45, 2.75) is 32.5 Å². The molecule has 1 amide bonds. The molecule has 4 rings (SSSR count). The van der Waals surface area contributed by atoms with Gasteiger partial charge in [-0.2, -0.15) is 5.10 Å². The zero-order valence-electron chi connectivity index (χ0n) is 15.5. The van der Waals surface area contributed by atoms with Crippen LogP contribution in [-0.2, 0) is 13.1 Å². The van der Waals surface area contributed by atoms with Crippen LogP contribution in [0.2, 0.25) is 0 Å². The van der Waals surface area contributed by atoms with Gasteiger partial charge in [0.1, 0.15) is 0 Å². The van der Waals surface area contributed by atoms with Crippen molar-refractivity contribution in [3.05, 3.63) is 77.5 Å². The number of carbonyl (C=O) groups excluding carboxylic acids is 1. The Hall–Kier alpha value is -2.86. The minimum Gasteiger partial charge on any atom is -0.459 e. The van der Waals surface area contributed by atoms with E-state index in [0.717, 1.165) is 26.1 Å². The SMILES string of the molecule is Cc1ccccc1CN1Cc2ccnn2C(CCNC(=O)c2ccco2)C1. The zero-order valence-corrected chi connectivity index (χ0v) is 15.5. The van der Waals surface area contributed by atoms with Gasteiger partial charge in [-0.05, 0) is 42.7 Å². The van der Waals surface area contributed by atoms with Crippen molar-refractivity contribution in [3.63, 3.8) is 0 Å². The lowest BCUT2D eigenvalue weighted by atomic mass is 10.1. The van der Waals surface area contributed by atoms with Crippen molar-refractivity contribution in [2.75, 3.05) is 13.1 Å². The fraction of sp³-hybridized carbons (Fsp3) is 0.333. The van der Waals surface area contributed by atoms with Crippen LogP contribution in [0.5, 0.6) is 0 Å². The van der Waals surface area contributed by atoms with E-state index in [2.05, 4.69) is 57.3 Å². The average Bonchev–Trinajstić information content (AvgIpc) is 3.35. The summed E-state index contributed by atoms with van der Waals surface area (Å²) >= 11 is 0. The van der Waals surface area contributed by atoms with Crippen molar-refractivity contribution in [1.29, 1.82) is 0 Å². The van der Waals surface area contributed by atoms with Gasteiger partial charge in [0.05, 0.1) is 18.0 Å². The molecular formula is C21H24N4O2. The third-order valence-corrected chi connectivity index (χ3v) is 5.12. The molecule has 0 saturated heterocycles. The third-order valence-electron chi connectivity index (χ3n) is 5.12. The number of fused-ring (bicyclic) bond motifs is 1. The minimum atomic E-state index is -0.173. The molecule has 1 unspecified atom stereocenters. The first-order valence-corrected chi connectivity index (χ1v) is 9.31. The lowest BCUT2D eigenvalue weighted by Gasteiger charge is -2.34. The van der Waals surface area contributed by atoms with Gasteiger partial charge >= 0.3 is 0 Å². The molecule has 3 heterocycles. The molecule has 3 aromatic rings. The number of hydrogen-bond acceptors (Lipinski definition) is 4. The van der Waals surface area contributed by atoms with Crippen LogP contribution in [-0.4, -0.2) is 33.7 Å². The number of benzene rings is 1. The quantitative estimate of drug-likeness (QED) is 0.730. The van der Waals surface area contributed by atoms with E-state index in [-0.39, 0.29) is 11.9 Å². The summed E-state index contributed by atoms with van der Waals surface area (Å²) in [4.78, 5) is 14.5. The van der Waals surface area contributed by atoms with Crippen molar-refractivity contribution < 1.29 is 9.21 Å². The molecule has 1 aliphatic heterocycles. The summed E-state index contributed by atoms with van der Waals surface area (Å²) in [6.07, 6.45) is 4.20. The standard InChI is InChI=1S/C21H24N4O2/c1-16-5-2-3-6-17(16)13-24-14-18(25-19(15-24)9-11-23-25)8-10-22-21(26)20-7-4-12-27-20/h2-7,9,11-12,18H,8,10,13-15H2,1H3,(H,22,26). The number of rotatable bonds is 6. The first-order valence-electron chi connectivity index (χ1n) is 9.31. The second-order valence-electron chi connectivity index (χ2n) is 7.04. The van der Waals surface area contributed by atoms with Gasteiger partial charge in [-0.15, -0.1) is 0 Å². The second-order valence-corrected chi connectivity index (χ2v) is 7.04. The Kier molecular flexibility index (Phi) is 5.07. The maximum absolute atomic E-state index is 12.0. The van der Waals surface area contributed by atoms with E-state index in [0.29, 0.717) is 12.3 Å². The van der Waals surface area contributed by atoms with Crippen LogP contribution < -0.4 is 5.32 Å². The van der Waals surface area contributed by atoms with Crippen LogP contribution in [0.25, 0.3) is 0 Å². The van der Waals surface area contributed by atoms with Gasteiger partial charge in [0.25, 0.3) is 5.91 Å². The van der Waals surface area contributed by atoms with E-state index < -0.39 is 0 Å². The van der Waals surface area contributed by atoms with E-state index in [9.17, 15) is 4.79 Å². The Balaban J connectivity index is 1.39. The number of aryl methyl sites for hydroxylation is 1. The topological polar surface area (TPSA) is 63.3 Å². The first kappa shape index (κ1) is 17.5. The summed E-state index contributed by atoms with van der Waals surface area (Å²) < 4.78 is 7.24. The second kappa shape index (κ2) is 7.80. The Bertz CT molecular complexity index is 901. The van der Waals surface area contributed by atoms with Gasteiger partial charge < -0.3 is 9.73 Å². The predicted molar refractivity (Wildman–Crippen MR) is 102 cm³/mol. The van der Waals surface area contributed by atoms with Gasteiger partial charge in [0, 0.05) is 32.4 Å². The molecule has 0 fully saturated rings. The normalized spacial score (nSPS) is 16.9. The van der Waals surface area contributed by atoms with Gasteiger partial charge in [-0.3, -0.25) is 14.4 Å². The van der Waals surface area contributed by atoms with Crippen molar-refractivity contribution >= 4 is 5.91 Å². The molecule has 1 atom stereocenters. The van der Waals surface area contributed by atoms with Gasteiger partial charge in [0.2, 0.25) is 0 Å². The molecule has 0 spiro atoms. The predicted octanol–water partition coefficient (Wildman–Crippen LogP) is 3.16. The summed E-state index contributed by atoms with van der Waals surface area (Å²) in [6.45, 7) is 5.48. The van der Waals surface area contributed by atoms with E-state index in [1.54, 1.807) is 12.1 Å². The van der Waals surface area contributed by atoms with Crippen LogP contribution in [0.1, 0.15) is 39.8 Å². The fourth-order valence-electron chi connectivity index (χ4n) is 3.67. The molecule has 6 heteroatoms. The highest BCUT2D eigenvalue weighted by atomic mass is 16.3. The van der Waals surface area contributed by atoms with Crippen LogP contribution in [0, 0.1) is 6.92 Å². The number of hydrogen-bond donors (Lipinski definition) is 1. The molecule has 0 radical (unpaired) electrons. The Morgan fingerprint density at radius 3 is 2.96 bits per heavy atom. The maximum atomic E-state index is 12.0. The average molecular weight is 364 g/mol.